The van der Waals surface area contributed by atoms with Gasteiger partial charge in [0.25, 0.3) is 0 Å². The van der Waals surface area contributed by atoms with E-state index in [9.17, 15) is 4.79 Å². The highest BCUT2D eigenvalue weighted by atomic mass is 35.5. The summed E-state index contributed by atoms with van der Waals surface area (Å²) < 4.78 is 0. The number of Topliss-reactive ketones (excluding diaryl/α,β-unsaturated/α-hetero) is 1. The van der Waals surface area contributed by atoms with Gasteiger partial charge in [0.15, 0.2) is 5.78 Å². The summed E-state index contributed by atoms with van der Waals surface area (Å²) in [6.45, 7) is 4.72. The highest BCUT2D eigenvalue weighted by Gasteiger charge is 2.24. The molecule has 1 aromatic carbocycles. The van der Waals surface area contributed by atoms with Crippen molar-refractivity contribution < 1.29 is 4.79 Å². The number of nitrogens with zero attached hydrogens (tertiary/aromatic N) is 1. The van der Waals surface area contributed by atoms with Crippen LogP contribution in [0.5, 0.6) is 0 Å². The largest absolute Gasteiger partial charge is 0.296 e. The van der Waals surface area contributed by atoms with Crippen molar-refractivity contribution in [3.05, 3.63) is 33.8 Å². The van der Waals surface area contributed by atoms with Crippen LogP contribution in [0, 0.1) is 5.92 Å². The molecule has 1 aromatic rings. The molecule has 0 aliphatic carbocycles. The van der Waals surface area contributed by atoms with E-state index in [1.807, 2.05) is 0 Å². The number of hydrogen-bond acceptors (Lipinski definition) is 2. The van der Waals surface area contributed by atoms with E-state index in [0.717, 1.165) is 19.0 Å². The van der Waals surface area contributed by atoms with Crippen LogP contribution in [0.15, 0.2) is 18.2 Å². The van der Waals surface area contributed by atoms with E-state index in [-0.39, 0.29) is 5.78 Å². The average Bonchev–Trinajstić information content (AvgIpc) is 2.76. The number of ketones is 1. The Labute approximate surface area is 124 Å². The molecule has 0 aromatic heterocycles. The third-order valence-corrected chi connectivity index (χ3v) is 4.21. The molecule has 1 atom stereocenters. The number of halogens is 2. The van der Waals surface area contributed by atoms with Crippen molar-refractivity contribution in [1.82, 2.24) is 4.90 Å². The smallest absolute Gasteiger partial charge is 0.178 e. The summed E-state index contributed by atoms with van der Waals surface area (Å²) in [5, 5.41) is 1.01. The van der Waals surface area contributed by atoms with Crippen LogP contribution in [0.4, 0.5) is 0 Å². The molecule has 1 aliphatic heterocycles. The molecule has 1 saturated heterocycles. The maximum atomic E-state index is 12.2. The first-order valence-corrected chi connectivity index (χ1v) is 7.56. The van der Waals surface area contributed by atoms with Gasteiger partial charge in [0.2, 0.25) is 0 Å². The number of benzene rings is 1. The Morgan fingerprint density at radius 3 is 2.89 bits per heavy atom. The van der Waals surface area contributed by atoms with E-state index >= 15 is 0 Å². The summed E-state index contributed by atoms with van der Waals surface area (Å²) in [5.41, 5.74) is 0.574. The Bertz CT molecular complexity index is 461. The SMILES string of the molecule is CCCC1CCN(CC(=O)c2ccc(Cl)cc2Cl)C1. The number of hydrogen-bond donors (Lipinski definition) is 0. The Morgan fingerprint density at radius 1 is 1.42 bits per heavy atom. The van der Waals surface area contributed by atoms with Gasteiger partial charge in [-0.25, -0.2) is 0 Å². The molecule has 1 aliphatic rings. The highest BCUT2D eigenvalue weighted by molar-refractivity contribution is 6.36. The molecule has 1 heterocycles. The minimum Gasteiger partial charge on any atom is -0.296 e. The van der Waals surface area contributed by atoms with Crippen molar-refractivity contribution in [2.75, 3.05) is 19.6 Å². The van der Waals surface area contributed by atoms with Gasteiger partial charge < -0.3 is 0 Å². The summed E-state index contributed by atoms with van der Waals surface area (Å²) in [4.78, 5) is 14.5. The van der Waals surface area contributed by atoms with Crippen LogP contribution in [0.1, 0.15) is 36.5 Å². The molecule has 2 nitrogen and oxygen atoms in total. The van der Waals surface area contributed by atoms with Crippen LogP contribution >= 0.6 is 23.2 Å². The summed E-state index contributed by atoms with van der Waals surface area (Å²) in [7, 11) is 0. The first kappa shape index (κ1) is 14.8. The van der Waals surface area contributed by atoms with E-state index < -0.39 is 0 Å². The van der Waals surface area contributed by atoms with E-state index in [2.05, 4.69) is 11.8 Å². The Morgan fingerprint density at radius 2 is 2.21 bits per heavy atom. The molecule has 2 rings (SSSR count). The van der Waals surface area contributed by atoms with Crippen LogP contribution in [0.2, 0.25) is 10.0 Å². The Balaban J connectivity index is 1.94. The second kappa shape index (κ2) is 6.74. The van der Waals surface area contributed by atoms with Gasteiger partial charge in [0.05, 0.1) is 11.6 Å². The third kappa shape index (κ3) is 3.95. The molecule has 4 heteroatoms. The molecule has 1 unspecified atom stereocenters. The second-order valence-corrected chi connectivity index (χ2v) is 6.07. The zero-order valence-electron chi connectivity index (χ0n) is 11.2. The number of rotatable bonds is 5. The maximum Gasteiger partial charge on any atom is 0.178 e. The fourth-order valence-corrected chi connectivity index (χ4v) is 3.22. The first-order valence-electron chi connectivity index (χ1n) is 6.80. The summed E-state index contributed by atoms with van der Waals surface area (Å²) in [5.74, 6) is 0.831. The van der Waals surface area contributed by atoms with Crippen LogP contribution in [0.25, 0.3) is 0 Å². The lowest BCUT2D eigenvalue weighted by Gasteiger charge is -2.15. The van der Waals surface area contributed by atoms with Crippen molar-refractivity contribution in [3.63, 3.8) is 0 Å². The topological polar surface area (TPSA) is 20.3 Å². The Kier molecular flexibility index (Phi) is 5.26. The third-order valence-electron chi connectivity index (χ3n) is 3.67. The molecule has 104 valence electrons. The van der Waals surface area contributed by atoms with Gasteiger partial charge in [-0.1, -0.05) is 36.5 Å². The Hall–Kier alpha value is -0.570. The van der Waals surface area contributed by atoms with Crippen molar-refractivity contribution in [2.24, 2.45) is 5.92 Å². The maximum absolute atomic E-state index is 12.2. The molecule has 0 amide bonds. The number of likely N-dealkylation sites (tertiary alicyclic amines) is 1. The summed E-state index contributed by atoms with van der Waals surface area (Å²) in [6, 6.07) is 5.05. The van der Waals surface area contributed by atoms with Crippen LogP contribution in [-0.4, -0.2) is 30.3 Å². The normalized spacial score (nSPS) is 19.8. The summed E-state index contributed by atoms with van der Waals surface area (Å²) >= 11 is 11.9. The van der Waals surface area contributed by atoms with Crippen LogP contribution in [0.3, 0.4) is 0 Å². The zero-order valence-corrected chi connectivity index (χ0v) is 12.7. The van der Waals surface area contributed by atoms with Gasteiger partial charge >= 0.3 is 0 Å². The van der Waals surface area contributed by atoms with Crippen molar-refractivity contribution in [2.45, 2.75) is 26.2 Å². The lowest BCUT2D eigenvalue weighted by atomic mass is 10.0. The van der Waals surface area contributed by atoms with Gasteiger partial charge in [-0.3, -0.25) is 9.69 Å². The molecule has 0 bridgehead atoms. The predicted molar refractivity (Wildman–Crippen MR) is 80.2 cm³/mol. The van der Waals surface area contributed by atoms with Crippen molar-refractivity contribution in [1.29, 1.82) is 0 Å². The molecule has 1 fully saturated rings. The number of carbonyl (C=O) groups excluding carboxylic acids is 1. The molecule has 0 radical (unpaired) electrons. The molecule has 0 N–H and O–H groups in total. The van der Waals surface area contributed by atoms with Gasteiger partial charge in [-0.05, 0) is 43.5 Å². The fraction of sp³-hybridized carbons (Fsp3) is 0.533. The van der Waals surface area contributed by atoms with Crippen molar-refractivity contribution in [3.8, 4) is 0 Å². The lowest BCUT2D eigenvalue weighted by Crippen LogP contribution is -2.28. The predicted octanol–water partition coefficient (Wildman–Crippen LogP) is 4.30. The second-order valence-electron chi connectivity index (χ2n) is 5.23. The fourth-order valence-electron chi connectivity index (χ4n) is 2.70. The molecule has 0 saturated carbocycles. The van der Waals surface area contributed by atoms with Crippen LogP contribution in [-0.2, 0) is 0 Å². The summed E-state index contributed by atoms with van der Waals surface area (Å²) in [6.07, 6.45) is 3.68. The molecule has 0 spiro atoms. The van der Waals surface area contributed by atoms with E-state index in [4.69, 9.17) is 23.2 Å². The highest BCUT2D eigenvalue weighted by Crippen LogP contribution is 2.24. The number of carbonyl (C=O) groups is 1. The minimum atomic E-state index is 0.0822. The van der Waals surface area contributed by atoms with Crippen LogP contribution < -0.4 is 0 Å². The van der Waals surface area contributed by atoms with Gasteiger partial charge in [-0.15, -0.1) is 0 Å². The lowest BCUT2D eigenvalue weighted by molar-refractivity contribution is 0.0943. The monoisotopic (exact) mass is 299 g/mol. The zero-order chi connectivity index (χ0) is 13.8. The quantitative estimate of drug-likeness (QED) is 0.756. The van der Waals surface area contributed by atoms with Gasteiger partial charge in [-0.2, -0.15) is 0 Å². The van der Waals surface area contributed by atoms with Gasteiger partial charge in [0, 0.05) is 17.1 Å². The molecular weight excluding hydrogens is 281 g/mol. The minimum absolute atomic E-state index is 0.0822. The van der Waals surface area contributed by atoms with Crippen molar-refractivity contribution >= 4 is 29.0 Å². The van der Waals surface area contributed by atoms with E-state index in [1.54, 1.807) is 18.2 Å². The average molecular weight is 300 g/mol. The molecule has 19 heavy (non-hydrogen) atoms. The van der Waals surface area contributed by atoms with E-state index in [0.29, 0.717) is 22.2 Å². The standard InChI is InChI=1S/C15H19Cl2NO/c1-2-3-11-6-7-18(9-11)10-15(19)13-5-4-12(16)8-14(13)17/h4-5,8,11H,2-3,6-7,9-10H2,1H3. The van der Waals surface area contributed by atoms with Gasteiger partial charge in [0.1, 0.15) is 0 Å². The molecular formula is C15H19Cl2NO. The van der Waals surface area contributed by atoms with E-state index in [1.165, 1.54) is 19.3 Å². The first-order chi connectivity index (χ1) is 9.10.